The SMILES string of the molecule is CCOc1cncc(C(=O)Cc2cccc(Cl)c2F)c1. The van der Waals surface area contributed by atoms with E-state index in [9.17, 15) is 9.18 Å². The van der Waals surface area contributed by atoms with Crippen molar-refractivity contribution in [3.63, 3.8) is 0 Å². The van der Waals surface area contributed by atoms with Gasteiger partial charge in [-0.15, -0.1) is 0 Å². The highest BCUT2D eigenvalue weighted by Crippen LogP contribution is 2.20. The summed E-state index contributed by atoms with van der Waals surface area (Å²) < 4.78 is 19.0. The number of pyridine rings is 1. The van der Waals surface area contributed by atoms with E-state index >= 15 is 0 Å². The van der Waals surface area contributed by atoms with Crippen LogP contribution < -0.4 is 4.74 Å². The average molecular weight is 294 g/mol. The van der Waals surface area contributed by atoms with E-state index in [4.69, 9.17) is 16.3 Å². The number of rotatable bonds is 5. The van der Waals surface area contributed by atoms with E-state index in [1.807, 2.05) is 6.92 Å². The van der Waals surface area contributed by atoms with Crippen LogP contribution in [-0.4, -0.2) is 17.4 Å². The third-order valence-electron chi connectivity index (χ3n) is 2.73. The first kappa shape index (κ1) is 14.5. The van der Waals surface area contributed by atoms with Crippen molar-refractivity contribution in [2.75, 3.05) is 6.61 Å². The Bertz CT molecular complexity index is 631. The number of carbonyl (C=O) groups is 1. The zero-order chi connectivity index (χ0) is 14.5. The Morgan fingerprint density at radius 2 is 2.20 bits per heavy atom. The summed E-state index contributed by atoms with van der Waals surface area (Å²) in [6.07, 6.45) is 2.90. The van der Waals surface area contributed by atoms with Gasteiger partial charge >= 0.3 is 0 Å². The summed E-state index contributed by atoms with van der Waals surface area (Å²) in [4.78, 5) is 16.1. The van der Waals surface area contributed by atoms with E-state index in [-0.39, 0.29) is 22.8 Å². The van der Waals surface area contributed by atoms with Gasteiger partial charge in [-0.2, -0.15) is 0 Å². The van der Waals surface area contributed by atoms with Gasteiger partial charge in [0.2, 0.25) is 0 Å². The van der Waals surface area contributed by atoms with Gasteiger partial charge in [0.25, 0.3) is 0 Å². The predicted octanol–water partition coefficient (Wildman–Crippen LogP) is 3.70. The van der Waals surface area contributed by atoms with Crippen molar-refractivity contribution in [1.82, 2.24) is 4.98 Å². The quantitative estimate of drug-likeness (QED) is 0.789. The predicted molar refractivity (Wildman–Crippen MR) is 74.9 cm³/mol. The van der Waals surface area contributed by atoms with Gasteiger partial charge in [-0.05, 0) is 24.6 Å². The topological polar surface area (TPSA) is 39.2 Å². The fourth-order valence-electron chi connectivity index (χ4n) is 1.78. The molecule has 0 aliphatic rings. The maximum absolute atomic E-state index is 13.8. The first-order valence-corrected chi connectivity index (χ1v) is 6.53. The fraction of sp³-hybridized carbons (Fsp3) is 0.200. The molecule has 1 aromatic heterocycles. The van der Waals surface area contributed by atoms with Crippen molar-refractivity contribution >= 4 is 17.4 Å². The Labute approximate surface area is 121 Å². The molecule has 1 aromatic carbocycles. The van der Waals surface area contributed by atoms with Crippen LogP contribution in [0.3, 0.4) is 0 Å². The van der Waals surface area contributed by atoms with Crippen LogP contribution >= 0.6 is 11.6 Å². The molecule has 0 fully saturated rings. The van der Waals surface area contributed by atoms with Gasteiger partial charge in [-0.25, -0.2) is 4.39 Å². The largest absolute Gasteiger partial charge is 0.492 e. The van der Waals surface area contributed by atoms with Crippen molar-refractivity contribution in [2.45, 2.75) is 13.3 Å². The highest BCUT2D eigenvalue weighted by atomic mass is 35.5. The van der Waals surface area contributed by atoms with Crippen LogP contribution in [0.4, 0.5) is 4.39 Å². The lowest BCUT2D eigenvalue weighted by atomic mass is 10.0. The van der Waals surface area contributed by atoms with E-state index in [0.29, 0.717) is 17.9 Å². The molecule has 0 atom stereocenters. The molecule has 2 aromatic rings. The lowest BCUT2D eigenvalue weighted by Crippen LogP contribution is -2.06. The van der Waals surface area contributed by atoms with E-state index in [2.05, 4.69) is 4.98 Å². The smallest absolute Gasteiger partial charge is 0.169 e. The molecule has 0 amide bonds. The van der Waals surface area contributed by atoms with Gasteiger partial charge in [-0.3, -0.25) is 9.78 Å². The number of hydrogen-bond donors (Lipinski definition) is 0. The van der Waals surface area contributed by atoms with Gasteiger partial charge in [0.1, 0.15) is 11.6 Å². The molecule has 5 heteroatoms. The number of halogens is 2. The van der Waals surface area contributed by atoms with Gasteiger partial charge < -0.3 is 4.74 Å². The van der Waals surface area contributed by atoms with Crippen LogP contribution in [0.1, 0.15) is 22.8 Å². The van der Waals surface area contributed by atoms with E-state index in [0.717, 1.165) is 0 Å². The molecule has 0 radical (unpaired) electrons. The van der Waals surface area contributed by atoms with Gasteiger partial charge in [0.05, 0.1) is 17.8 Å². The van der Waals surface area contributed by atoms with Crippen LogP contribution in [0.25, 0.3) is 0 Å². The van der Waals surface area contributed by atoms with Crippen LogP contribution in [0, 0.1) is 5.82 Å². The van der Waals surface area contributed by atoms with Crippen LogP contribution in [-0.2, 0) is 6.42 Å². The molecule has 0 N–H and O–H groups in total. The summed E-state index contributed by atoms with van der Waals surface area (Å²) in [7, 11) is 0. The molecule has 0 aliphatic carbocycles. The number of carbonyl (C=O) groups excluding carboxylic acids is 1. The van der Waals surface area contributed by atoms with Crippen molar-refractivity contribution in [3.05, 3.63) is 58.6 Å². The molecular formula is C15H13ClFNO2. The lowest BCUT2D eigenvalue weighted by molar-refractivity contribution is 0.0991. The average Bonchev–Trinajstić information content (AvgIpc) is 2.44. The molecular weight excluding hydrogens is 281 g/mol. The maximum Gasteiger partial charge on any atom is 0.169 e. The summed E-state index contributed by atoms with van der Waals surface area (Å²) in [6.45, 7) is 2.33. The zero-order valence-corrected chi connectivity index (χ0v) is 11.7. The second-order valence-corrected chi connectivity index (χ2v) is 4.56. The number of ether oxygens (including phenoxy) is 1. The number of ketones is 1. The summed E-state index contributed by atoms with van der Waals surface area (Å²) >= 11 is 5.69. The molecule has 20 heavy (non-hydrogen) atoms. The molecule has 0 spiro atoms. The first-order valence-electron chi connectivity index (χ1n) is 6.15. The number of aromatic nitrogens is 1. The Morgan fingerprint density at radius 1 is 1.40 bits per heavy atom. The second-order valence-electron chi connectivity index (χ2n) is 4.16. The lowest BCUT2D eigenvalue weighted by Gasteiger charge is -2.06. The molecule has 3 nitrogen and oxygen atoms in total. The van der Waals surface area contributed by atoms with E-state index in [1.54, 1.807) is 18.2 Å². The second kappa shape index (κ2) is 6.48. The summed E-state index contributed by atoms with van der Waals surface area (Å²) in [5, 5.41) is 0.0106. The van der Waals surface area contributed by atoms with Crippen molar-refractivity contribution in [3.8, 4) is 5.75 Å². The van der Waals surface area contributed by atoms with Gasteiger partial charge in [-0.1, -0.05) is 23.7 Å². The number of Topliss-reactive ketones (excluding diaryl/α,β-unsaturated/α-hetero) is 1. The number of nitrogens with zero attached hydrogens (tertiary/aromatic N) is 1. The van der Waals surface area contributed by atoms with Crippen molar-refractivity contribution in [1.29, 1.82) is 0 Å². The normalized spacial score (nSPS) is 10.3. The molecule has 0 saturated heterocycles. The zero-order valence-electron chi connectivity index (χ0n) is 10.9. The fourth-order valence-corrected chi connectivity index (χ4v) is 1.97. The third kappa shape index (κ3) is 3.33. The Morgan fingerprint density at radius 3 is 2.95 bits per heavy atom. The molecule has 104 valence electrons. The van der Waals surface area contributed by atoms with Crippen LogP contribution in [0.2, 0.25) is 5.02 Å². The monoisotopic (exact) mass is 293 g/mol. The van der Waals surface area contributed by atoms with Gasteiger partial charge in [0, 0.05) is 18.2 Å². The molecule has 0 saturated carbocycles. The highest BCUT2D eigenvalue weighted by molar-refractivity contribution is 6.30. The van der Waals surface area contributed by atoms with E-state index in [1.165, 1.54) is 18.5 Å². The number of hydrogen-bond acceptors (Lipinski definition) is 3. The number of benzene rings is 1. The summed E-state index contributed by atoms with van der Waals surface area (Å²) in [6, 6.07) is 6.20. The molecule has 2 rings (SSSR count). The molecule has 1 heterocycles. The first-order chi connectivity index (χ1) is 9.61. The Balaban J connectivity index is 2.19. The van der Waals surface area contributed by atoms with Crippen molar-refractivity contribution in [2.24, 2.45) is 0 Å². The van der Waals surface area contributed by atoms with Gasteiger partial charge in [0.15, 0.2) is 5.78 Å². The molecule has 0 aliphatic heterocycles. The van der Waals surface area contributed by atoms with Crippen LogP contribution in [0.5, 0.6) is 5.75 Å². The minimum atomic E-state index is -0.559. The minimum Gasteiger partial charge on any atom is -0.492 e. The Kier molecular flexibility index (Phi) is 4.69. The molecule has 0 unspecified atom stereocenters. The maximum atomic E-state index is 13.8. The minimum absolute atomic E-state index is 0.0106. The van der Waals surface area contributed by atoms with Crippen LogP contribution in [0.15, 0.2) is 36.7 Å². The third-order valence-corrected chi connectivity index (χ3v) is 3.02. The van der Waals surface area contributed by atoms with Crippen molar-refractivity contribution < 1.29 is 13.9 Å². The van der Waals surface area contributed by atoms with E-state index < -0.39 is 5.82 Å². The summed E-state index contributed by atoms with van der Waals surface area (Å²) in [5.41, 5.74) is 0.652. The standard InChI is InChI=1S/C15H13ClFNO2/c1-2-20-12-6-11(8-18-9-12)14(19)7-10-4-3-5-13(16)15(10)17/h3-6,8-9H,2,7H2,1H3. The molecule has 0 bridgehead atoms. The Hall–Kier alpha value is -1.94. The highest BCUT2D eigenvalue weighted by Gasteiger charge is 2.13. The summed E-state index contributed by atoms with van der Waals surface area (Å²) in [5.74, 6) is -0.276.